The molecule has 0 spiro atoms. The number of likely N-dealkylation sites (N-methyl/N-ethyl adjacent to an activating group) is 1. The van der Waals surface area contributed by atoms with Crippen LogP contribution in [0.15, 0.2) is 29.2 Å². The van der Waals surface area contributed by atoms with E-state index in [0.29, 0.717) is 12.2 Å². The number of carbonyl (C=O) groups is 2. The molecule has 0 saturated heterocycles. The van der Waals surface area contributed by atoms with E-state index in [4.69, 9.17) is 5.11 Å². The van der Waals surface area contributed by atoms with Gasteiger partial charge in [-0.2, -0.15) is 0 Å². The van der Waals surface area contributed by atoms with Crippen molar-refractivity contribution in [3.05, 3.63) is 24.3 Å². The Labute approximate surface area is 110 Å². The first-order chi connectivity index (χ1) is 8.56. The highest BCUT2D eigenvalue weighted by Crippen LogP contribution is 2.19. The van der Waals surface area contributed by atoms with Gasteiger partial charge in [-0.15, -0.1) is 11.8 Å². The summed E-state index contributed by atoms with van der Waals surface area (Å²) in [7, 11) is 0. The first kappa shape index (κ1) is 14.4. The lowest BCUT2D eigenvalue weighted by Crippen LogP contribution is -2.38. The first-order valence-corrected chi connectivity index (χ1v) is 6.71. The zero-order chi connectivity index (χ0) is 13.5. The first-order valence-electron chi connectivity index (χ1n) is 5.48. The second-order valence-electron chi connectivity index (χ2n) is 3.57. The number of amides is 2. The molecule has 98 valence electrons. The number of hydrogen-bond acceptors (Lipinski definition) is 3. The third-order valence-electron chi connectivity index (χ3n) is 2.32. The van der Waals surface area contributed by atoms with E-state index in [2.05, 4.69) is 5.32 Å². The van der Waals surface area contributed by atoms with Gasteiger partial charge < -0.3 is 15.3 Å². The van der Waals surface area contributed by atoms with Crippen molar-refractivity contribution in [1.29, 1.82) is 0 Å². The summed E-state index contributed by atoms with van der Waals surface area (Å²) >= 11 is 1.58. The van der Waals surface area contributed by atoms with Crippen LogP contribution in [0.3, 0.4) is 0 Å². The van der Waals surface area contributed by atoms with Crippen LogP contribution in [0.25, 0.3) is 0 Å². The summed E-state index contributed by atoms with van der Waals surface area (Å²) in [6, 6.07) is 6.99. The van der Waals surface area contributed by atoms with Gasteiger partial charge in [-0.3, -0.25) is 4.79 Å². The van der Waals surface area contributed by atoms with Gasteiger partial charge in [0, 0.05) is 17.1 Å². The molecule has 6 heteroatoms. The van der Waals surface area contributed by atoms with Gasteiger partial charge in [0.15, 0.2) is 0 Å². The Kier molecular flexibility index (Phi) is 5.51. The third kappa shape index (κ3) is 4.29. The number of nitrogens with zero attached hydrogens (tertiary/aromatic N) is 1. The maximum Gasteiger partial charge on any atom is 0.323 e. The van der Waals surface area contributed by atoms with Crippen LogP contribution in [0.2, 0.25) is 0 Å². The van der Waals surface area contributed by atoms with Crippen LogP contribution >= 0.6 is 11.8 Å². The summed E-state index contributed by atoms with van der Waals surface area (Å²) in [5.41, 5.74) is 0.663. The smallest absolute Gasteiger partial charge is 0.323 e. The molecule has 0 aliphatic heterocycles. The van der Waals surface area contributed by atoms with Crippen LogP contribution in [0.4, 0.5) is 10.5 Å². The van der Waals surface area contributed by atoms with E-state index in [1.165, 1.54) is 4.90 Å². The zero-order valence-corrected chi connectivity index (χ0v) is 11.2. The van der Waals surface area contributed by atoms with Crippen LogP contribution in [0, 0.1) is 0 Å². The van der Waals surface area contributed by atoms with Crippen LogP contribution in [-0.4, -0.2) is 41.4 Å². The molecule has 0 bridgehead atoms. The minimum Gasteiger partial charge on any atom is -0.480 e. The molecular formula is C12H16N2O3S. The maximum absolute atomic E-state index is 11.8. The van der Waals surface area contributed by atoms with E-state index in [1.54, 1.807) is 24.8 Å². The topological polar surface area (TPSA) is 69.6 Å². The van der Waals surface area contributed by atoms with Crippen molar-refractivity contribution < 1.29 is 14.7 Å². The van der Waals surface area contributed by atoms with Crippen molar-refractivity contribution in [2.45, 2.75) is 11.8 Å². The monoisotopic (exact) mass is 268 g/mol. The van der Waals surface area contributed by atoms with E-state index >= 15 is 0 Å². The summed E-state index contributed by atoms with van der Waals surface area (Å²) in [6.45, 7) is 1.78. The van der Waals surface area contributed by atoms with E-state index < -0.39 is 12.0 Å². The van der Waals surface area contributed by atoms with Crippen LogP contribution in [0.1, 0.15) is 6.92 Å². The molecule has 18 heavy (non-hydrogen) atoms. The minimum atomic E-state index is -1.02. The zero-order valence-electron chi connectivity index (χ0n) is 10.3. The Balaban J connectivity index is 2.69. The van der Waals surface area contributed by atoms with Crippen molar-refractivity contribution >= 4 is 29.4 Å². The standard InChI is InChI=1S/C12H16N2O3S/c1-3-14(8-11(15)16)12(17)13-9-5-4-6-10(7-9)18-2/h4-7H,3,8H2,1-2H3,(H,13,17)(H,15,16). The van der Waals surface area contributed by atoms with Crippen LogP contribution in [-0.2, 0) is 4.79 Å². The fourth-order valence-electron chi connectivity index (χ4n) is 1.39. The fraction of sp³-hybridized carbons (Fsp3) is 0.333. The number of benzene rings is 1. The lowest BCUT2D eigenvalue weighted by atomic mass is 10.3. The number of carboxylic acid groups (broad SMARTS) is 1. The van der Waals surface area contributed by atoms with Gasteiger partial charge in [-0.25, -0.2) is 4.79 Å². The summed E-state index contributed by atoms with van der Waals surface area (Å²) in [5, 5.41) is 11.4. The van der Waals surface area contributed by atoms with Gasteiger partial charge in [0.1, 0.15) is 6.54 Å². The molecule has 2 N–H and O–H groups in total. The molecule has 1 aromatic carbocycles. The Morgan fingerprint density at radius 1 is 1.44 bits per heavy atom. The molecule has 0 fully saturated rings. The van der Waals surface area contributed by atoms with Crippen molar-refractivity contribution in [2.24, 2.45) is 0 Å². The predicted octanol–water partition coefficient (Wildman–Crippen LogP) is 2.35. The lowest BCUT2D eigenvalue weighted by molar-refractivity contribution is -0.137. The van der Waals surface area contributed by atoms with Crippen molar-refractivity contribution in [3.8, 4) is 0 Å². The maximum atomic E-state index is 11.8. The Hall–Kier alpha value is -1.69. The molecule has 0 aliphatic rings. The molecule has 0 heterocycles. The van der Waals surface area contributed by atoms with E-state index in [-0.39, 0.29) is 6.54 Å². The van der Waals surface area contributed by atoms with Crippen molar-refractivity contribution in [2.75, 3.05) is 24.7 Å². The summed E-state index contributed by atoms with van der Waals surface area (Å²) < 4.78 is 0. The number of nitrogens with one attached hydrogen (secondary N) is 1. The Bertz CT molecular complexity index is 437. The van der Waals surface area contributed by atoms with E-state index in [1.807, 2.05) is 24.5 Å². The van der Waals surface area contributed by atoms with Crippen molar-refractivity contribution in [1.82, 2.24) is 4.90 Å². The molecule has 0 unspecified atom stereocenters. The second kappa shape index (κ2) is 6.90. The lowest BCUT2D eigenvalue weighted by Gasteiger charge is -2.19. The number of thioether (sulfide) groups is 1. The van der Waals surface area contributed by atoms with E-state index in [9.17, 15) is 9.59 Å². The molecule has 0 aromatic heterocycles. The van der Waals surface area contributed by atoms with Gasteiger partial charge in [-0.1, -0.05) is 6.07 Å². The molecule has 5 nitrogen and oxygen atoms in total. The third-order valence-corrected chi connectivity index (χ3v) is 3.04. The normalized spacial score (nSPS) is 9.89. The SMILES string of the molecule is CCN(CC(=O)O)C(=O)Nc1cccc(SC)c1. The molecule has 0 aliphatic carbocycles. The predicted molar refractivity (Wildman–Crippen MR) is 72.1 cm³/mol. The van der Waals surface area contributed by atoms with E-state index in [0.717, 1.165) is 4.90 Å². The molecular weight excluding hydrogens is 252 g/mol. The molecule has 0 radical (unpaired) electrons. The second-order valence-corrected chi connectivity index (χ2v) is 4.45. The van der Waals surface area contributed by atoms with Crippen LogP contribution < -0.4 is 5.32 Å². The number of anilines is 1. The van der Waals surface area contributed by atoms with Gasteiger partial charge >= 0.3 is 12.0 Å². The van der Waals surface area contributed by atoms with Gasteiger partial charge in [0.25, 0.3) is 0 Å². The molecule has 0 saturated carbocycles. The number of rotatable bonds is 5. The van der Waals surface area contributed by atoms with Gasteiger partial charge in [0.05, 0.1) is 0 Å². The average Bonchev–Trinajstić information content (AvgIpc) is 2.35. The summed E-state index contributed by atoms with van der Waals surface area (Å²) in [6.07, 6.45) is 1.95. The number of carbonyl (C=O) groups excluding carboxylic acids is 1. The van der Waals surface area contributed by atoms with Gasteiger partial charge in [0.2, 0.25) is 0 Å². The molecule has 2 amide bonds. The quantitative estimate of drug-likeness (QED) is 0.804. The minimum absolute atomic E-state index is 0.301. The highest BCUT2D eigenvalue weighted by molar-refractivity contribution is 7.98. The molecule has 1 rings (SSSR count). The number of hydrogen-bond donors (Lipinski definition) is 2. The molecule has 1 aromatic rings. The molecule has 0 atom stereocenters. The largest absolute Gasteiger partial charge is 0.480 e. The number of aliphatic carboxylic acids is 1. The van der Waals surface area contributed by atoms with Gasteiger partial charge in [-0.05, 0) is 31.4 Å². The summed E-state index contributed by atoms with van der Waals surface area (Å²) in [4.78, 5) is 24.7. The highest BCUT2D eigenvalue weighted by Gasteiger charge is 2.14. The Morgan fingerprint density at radius 2 is 2.17 bits per heavy atom. The van der Waals surface area contributed by atoms with Crippen molar-refractivity contribution in [3.63, 3.8) is 0 Å². The fourth-order valence-corrected chi connectivity index (χ4v) is 1.85. The van der Waals surface area contributed by atoms with Crippen LogP contribution in [0.5, 0.6) is 0 Å². The highest BCUT2D eigenvalue weighted by atomic mass is 32.2. The average molecular weight is 268 g/mol. The number of carboxylic acids is 1. The summed E-state index contributed by atoms with van der Waals surface area (Å²) in [5.74, 6) is -1.02. The number of urea groups is 1. The Morgan fingerprint density at radius 3 is 2.72 bits per heavy atom.